The zero-order chi connectivity index (χ0) is 35.3. The third kappa shape index (κ3) is 8.08. The van der Waals surface area contributed by atoms with Crippen LogP contribution in [0.15, 0.2) is 85.2 Å². The number of hydrogen-bond donors (Lipinski definition) is 4. The number of amidine groups is 1. The van der Waals surface area contributed by atoms with Crippen molar-refractivity contribution >= 4 is 52.0 Å². The lowest BCUT2D eigenvalue weighted by atomic mass is 9.85. The maximum atomic E-state index is 7.59. The largest absolute Gasteiger partial charge is 0.387 e. The van der Waals surface area contributed by atoms with Gasteiger partial charge in [-0.15, -0.1) is 10.2 Å². The number of imidazole rings is 2. The summed E-state index contributed by atoms with van der Waals surface area (Å²) in [6.45, 7) is 7.15. The maximum Gasteiger partial charge on any atom is 0.223 e. The van der Waals surface area contributed by atoms with Crippen LogP contribution in [-0.2, 0) is 0 Å². The van der Waals surface area contributed by atoms with E-state index in [9.17, 15) is 0 Å². The van der Waals surface area contributed by atoms with Gasteiger partial charge in [0.05, 0.1) is 29.6 Å². The predicted octanol–water partition coefficient (Wildman–Crippen LogP) is 8.65. The molecule has 2 aromatic carbocycles. The van der Waals surface area contributed by atoms with Crippen LogP contribution in [-0.4, -0.2) is 53.2 Å². The van der Waals surface area contributed by atoms with Crippen molar-refractivity contribution in [2.45, 2.75) is 69.5 Å². The third-order valence-electron chi connectivity index (χ3n) is 9.72. The molecule has 4 heterocycles. The molecule has 51 heavy (non-hydrogen) atoms. The SMILES string of the molecule is N=C(N)C1CCC(Nc2ccc3ncc(-c4cccc(Cl)c4)n3n2)CC1.[C-]#[N+]C1CCC(Nc2ccc3ncc(-c4cccc(Cl)c4)n3n2)CC1. The number of rotatable bonds is 7. The molecular weight excluding hydrogens is 681 g/mol. The number of nitrogens with two attached hydrogens (primary N) is 1. The van der Waals surface area contributed by atoms with E-state index in [2.05, 4.69) is 25.4 Å². The van der Waals surface area contributed by atoms with Gasteiger partial charge < -0.3 is 21.2 Å². The second-order valence-corrected chi connectivity index (χ2v) is 14.1. The van der Waals surface area contributed by atoms with Crippen molar-refractivity contribution in [2.75, 3.05) is 10.6 Å². The Balaban J connectivity index is 0.000000159. The van der Waals surface area contributed by atoms with Gasteiger partial charge in [-0.05, 0) is 87.1 Å². The molecule has 0 saturated heterocycles. The van der Waals surface area contributed by atoms with E-state index in [4.69, 9.17) is 51.1 Å². The second-order valence-electron chi connectivity index (χ2n) is 13.2. The van der Waals surface area contributed by atoms with Crippen LogP contribution < -0.4 is 16.4 Å². The van der Waals surface area contributed by atoms with Crippen LogP contribution >= 0.6 is 23.2 Å². The Labute approximate surface area is 306 Å². The highest BCUT2D eigenvalue weighted by atomic mass is 35.5. The average Bonchev–Trinajstić information content (AvgIpc) is 3.77. The van der Waals surface area contributed by atoms with E-state index in [1.54, 1.807) is 0 Å². The number of aromatic nitrogens is 6. The Morgan fingerprint density at radius 1 is 0.706 bits per heavy atom. The van der Waals surface area contributed by atoms with Crippen molar-refractivity contribution in [1.82, 2.24) is 29.2 Å². The molecule has 0 bridgehead atoms. The van der Waals surface area contributed by atoms with E-state index >= 15 is 0 Å². The Hall–Kier alpha value is -5.18. The van der Waals surface area contributed by atoms with E-state index in [0.717, 1.165) is 96.8 Å². The summed E-state index contributed by atoms with van der Waals surface area (Å²) in [7, 11) is 0. The first-order valence-electron chi connectivity index (χ1n) is 17.3. The summed E-state index contributed by atoms with van der Waals surface area (Å²) in [6, 6.07) is 24.2. The van der Waals surface area contributed by atoms with E-state index in [-0.39, 0.29) is 12.0 Å². The Kier molecular flexibility index (Phi) is 10.3. The monoisotopic (exact) mass is 719 g/mol. The zero-order valence-corrected chi connectivity index (χ0v) is 29.5. The smallest absolute Gasteiger partial charge is 0.223 e. The molecule has 13 heteroatoms. The van der Waals surface area contributed by atoms with E-state index < -0.39 is 0 Å². The summed E-state index contributed by atoms with van der Waals surface area (Å²) in [5.74, 6) is 2.20. The number of anilines is 2. The molecule has 2 fully saturated rings. The molecule has 6 aromatic rings. The molecule has 0 spiro atoms. The predicted molar refractivity (Wildman–Crippen MR) is 204 cm³/mol. The van der Waals surface area contributed by atoms with Crippen molar-refractivity contribution < 1.29 is 0 Å². The van der Waals surface area contributed by atoms with Crippen molar-refractivity contribution in [3.63, 3.8) is 0 Å². The van der Waals surface area contributed by atoms with Crippen LogP contribution in [0.25, 0.3) is 38.7 Å². The number of halogens is 2. The summed E-state index contributed by atoms with van der Waals surface area (Å²) < 4.78 is 3.69. The molecule has 0 radical (unpaired) electrons. The minimum absolute atomic E-state index is 0.191. The third-order valence-corrected chi connectivity index (χ3v) is 10.2. The summed E-state index contributed by atoms with van der Waals surface area (Å²) in [6.07, 6.45) is 11.5. The van der Waals surface area contributed by atoms with Crippen LogP contribution in [0.3, 0.4) is 0 Å². The van der Waals surface area contributed by atoms with Gasteiger partial charge in [-0.1, -0.05) is 47.5 Å². The molecule has 2 aliphatic rings. The first-order chi connectivity index (χ1) is 24.8. The minimum atomic E-state index is 0.191. The van der Waals surface area contributed by atoms with Gasteiger partial charge in [0.15, 0.2) is 11.3 Å². The molecule has 0 aliphatic heterocycles. The molecule has 2 aliphatic carbocycles. The summed E-state index contributed by atoms with van der Waals surface area (Å²) in [5.41, 5.74) is 11.0. The van der Waals surface area contributed by atoms with Crippen LogP contribution in [0.1, 0.15) is 51.4 Å². The maximum absolute atomic E-state index is 7.59. The Morgan fingerprint density at radius 2 is 1.18 bits per heavy atom. The van der Waals surface area contributed by atoms with Gasteiger partial charge in [0.2, 0.25) is 6.04 Å². The molecule has 4 aromatic heterocycles. The van der Waals surface area contributed by atoms with Crippen LogP contribution in [0, 0.1) is 17.9 Å². The van der Waals surface area contributed by atoms with Gasteiger partial charge in [0, 0.05) is 52.0 Å². The quantitative estimate of drug-likeness (QED) is 0.0736. The number of hydrogen-bond acceptors (Lipinski definition) is 7. The Bertz CT molecular complexity index is 2190. The van der Waals surface area contributed by atoms with Crippen molar-refractivity contribution in [3.05, 3.63) is 107 Å². The fraction of sp³-hybridized carbons (Fsp3) is 0.316. The standard InChI is InChI=1S/C19H21ClN6.C19H18ClN5/c20-14-3-1-2-13(10-14)16-11-23-18-9-8-17(25-26(16)18)24-15-6-4-12(5-7-15)19(21)22;1-21-15-5-7-16(8-6-15)23-18-9-10-19-22-12-17(25(19)24-18)13-3-2-4-14(20)11-13/h1-3,8-12,15H,4-7H2,(H3,21,22)(H,24,25);2-4,9-12,15-16H,5-8H2,(H,23,24). The molecule has 8 rings (SSSR count). The number of fused-ring (bicyclic) bond motifs is 2. The first-order valence-corrected chi connectivity index (χ1v) is 18.0. The van der Waals surface area contributed by atoms with Gasteiger partial charge in [-0.2, -0.15) is 0 Å². The molecule has 0 atom stereocenters. The van der Waals surface area contributed by atoms with Crippen molar-refractivity contribution in [3.8, 4) is 22.5 Å². The highest BCUT2D eigenvalue weighted by Gasteiger charge is 2.25. The molecular formula is C38H39Cl2N11. The average molecular weight is 721 g/mol. The number of nitrogens with one attached hydrogen (secondary N) is 3. The van der Waals surface area contributed by atoms with E-state index in [0.29, 0.717) is 28.0 Å². The number of nitrogens with zero attached hydrogens (tertiary/aromatic N) is 7. The van der Waals surface area contributed by atoms with Gasteiger partial charge in [0.25, 0.3) is 0 Å². The van der Waals surface area contributed by atoms with Crippen LogP contribution in [0.4, 0.5) is 11.6 Å². The van der Waals surface area contributed by atoms with Crippen molar-refractivity contribution in [2.24, 2.45) is 11.7 Å². The lowest BCUT2D eigenvalue weighted by Crippen LogP contribution is -2.32. The number of benzene rings is 2. The van der Waals surface area contributed by atoms with Gasteiger partial charge in [-0.3, -0.25) is 5.41 Å². The molecule has 11 nitrogen and oxygen atoms in total. The zero-order valence-electron chi connectivity index (χ0n) is 28.0. The van der Waals surface area contributed by atoms with Crippen LogP contribution in [0.5, 0.6) is 0 Å². The second kappa shape index (κ2) is 15.4. The normalized spacial score (nSPS) is 20.3. The lowest BCUT2D eigenvalue weighted by molar-refractivity contribution is 0.404. The topological polar surface area (TPSA) is 139 Å². The fourth-order valence-corrected chi connectivity index (χ4v) is 7.29. The van der Waals surface area contributed by atoms with E-state index in [1.807, 2.05) is 94.2 Å². The molecule has 2 saturated carbocycles. The summed E-state index contributed by atoms with van der Waals surface area (Å²) in [5, 5.41) is 25.4. The van der Waals surface area contributed by atoms with Gasteiger partial charge in [-0.25, -0.2) is 25.6 Å². The first kappa shape index (κ1) is 34.3. The summed E-state index contributed by atoms with van der Waals surface area (Å²) in [4.78, 5) is 12.5. The van der Waals surface area contributed by atoms with Crippen LogP contribution in [0.2, 0.25) is 10.0 Å². The van der Waals surface area contributed by atoms with Gasteiger partial charge >= 0.3 is 0 Å². The minimum Gasteiger partial charge on any atom is -0.387 e. The summed E-state index contributed by atoms with van der Waals surface area (Å²) >= 11 is 12.2. The highest BCUT2D eigenvalue weighted by Crippen LogP contribution is 2.29. The molecule has 0 unspecified atom stereocenters. The molecule has 5 N–H and O–H groups in total. The van der Waals surface area contributed by atoms with Crippen molar-refractivity contribution in [1.29, 1.82) is 5.41 Å². The molecule has 260 valence electrons. The van der Waals surface area contributed by atoms with E-state index in [1.165, 1.54) is 0 Å². The lowest BCUT2D eigenvalue weighted by Gasteiger charge is -2.28. The van der Waals surface area contributed by atoms with Gasteiger partial charge in [0.1, 0.15) is 11.6 Å². The highest BCUT2D eigenvalue weighted by molar-refractivity contribution is 6.31. The fourth-order valence-electron chi connectivity index (χ4n) is 6.91. The Morgan fingerprint density at radius 3 is 1.61 bits per heavy atom. The molecule has 0 amide bonds.